The summed E-state index contributed by atoms with van der Waals surface area (Å²) >= 11 is 0. The number of nitrogens with zero attached hydrogens (tertiary/aromatic N) is 6. The van der Waals surface area contributed by atoms with Crippen LogP contribution in [0.5, 0.6) is 0 Å². The monoisotopic (exact) mass is 638 g/mol. The maximum absolute atomic E-state index is 13.8. The van der Waals surface area contributed by atoms with E-state index in [-0.39, 0.29) is 11.9 Å². The average Bonchev–Trinajstić information content (AvgIpc) is 3.75. The van der Waals surface area contributed by atoms with Gasteiger partial charge in [0.1, 0.15) is 11.3 Å². The molecule has 3 aromatic heterocycles. The molecule has 0 radical (unpaired) electrons. The second kappa shape index (κ2) is 15.3. The fourth-order valence-corrected chi connectivity index (χ4v) is 6.36. The van der Waals surface area contributed by atoms with Crippen molar-refractivity contribution < 1.29 is 4.79 Å². The van der Waals surface area contributed by atoms with E-state index in [2.05, 4.69) is 88.8 Å². The topological polar surface area (TPSA) is 67.2 Å². The van der Waals surface area contributed by atoms with Gasteiger partial charge in [0.25, 0.3) is 5.91 Å². The number of aryl methyl sites for hydroxylation is 2. The summed E-state index contributed by atoms with van der Waals surface area (Å²) in [5, 5.41) is 0. The van der Waals surface area contributed by atoms with E-state index in [1.54, 1.807) is 12.4 Å². The summed E-state index contributed by atoms with van der Waals surface area (Å²) in [4.78, 5) is 32.1. The molecule has 0 aliphatic carbocycles. The van der Waals surface area contributed by atoms with Gasteiger partial charge in [0.05, 0.1) is 23.1 Å². The molecule has 1 amide bonds. The standard InChI is InChI=1S/C41H46N6O/c1-5-31(3)46(41(48)35-19-15-33(16-20-35)29-47-32(4)43-39-28-42-23-21-40(39)47)26-9-11-36-10-8-12-38(44-36)37(22-27-45-24-6-7-25-45)34-17-13-30(2)14-18-34/h8-23,28,31H,5-7,24-27,29H2,1-4H3/b11-9+,37-22+/t31-/m1/s1. The van der Waals surface area contributed by atoms with Crippen molar-refractivity contribution in [3.05, 3.63) is 137 Å². The van der Waals surface area contributed by atoms with Crippen molar-refractivity contribution in [3.8, 4) is 0 Å². The zero-order valence-corrected chi connectivity index (χ0v) is 28.6. The van der Waals surface area contributed by atoms with Crippen LogP contribution in [0.3, 0.4) is 0 Å². The highest BCUT2D eigenvalue weighted by Crippen LogP contribution is 2.24. The minimum Gasteiger partial charge on any atom is -0.332 e. The average molecular weight is 639 g/mol. The van der Waals surface area contributed by atoms with Crippen LogP contribution in [0.2, 0.25) is 0 Å². The number of imidazole rings is 1. The zero-order chi connectivity index (χ0) is 33.5. The molecule has 1 atom stereocenters. The van der Waals surface area contributed by atoms with E-state index < -0.39 is 0 Å². The van der Waals surface area contributed by atoms with E-state index in [4.69, 9.17) is 4.98 Å². The molecule has 2 aromatic carbocycles. The Kier molecular flexibility index (Phi) is 10.6. The van der Waals surface area contributed by atoms with Crippen molar-refractivity contribution >= 4 is 28.6 Å². The third-order valence-electron chi connectivity index (χ3n) is 9.42. The molecule has 4 heterocycles. The first-order valence-electron chi connectivity index (χ1n) is 17.2. The fourth-order valence-electron chi connectivity index (χ4n) is 6.36. The molecule has 0 spiro atoms. The van der Waals surface area contributed by atoms with Gasteiger partial charge in [0.15, 0.2) is 0 Å². The van der Waals surface area contributed by atoms with Crippen LogP contribution in [0.1, 0.15) is 77.4 Å². The minimum atomic E-state index is 0.0316. The molecule has 0 N–H and O–H groups in total. The summed E-state index contributed by atoms with van der Waals surface area (Å²) in [6.07, 6.45) is 13.4. The van der Waals surface area contributed by atoms with Crippen LogP contribution in [0, 0.1) is 13.8 Å². The first kappa shape index (κ1) is 33.0. The minimum absolute atomic E-state index is 0.0316. The Morgan fingerprint density at radius 3 is 2.44 bits per heavy atom. The molecule has 246 valence electrons. The molecule has 0 bridgehead atoms. The Bertz CT molecular complexity index is 1900. The SMILES string of the molecule is CC[C@@H](C)N(C/C=C/c1cccc(/C(=C/CN2CCCC2)c2ccc(C)cc2)n1)C(=O)c1ccc(Cn2c(C)nc3cnccc32)cc1. The number of benzene rings is 2. The van der Waals surface area contributed by atoms with Crippen LogP contribution < -0.4 is 0 Å². The lowest BCUT2D eigenvalue weighted by Gasteiger charge is -2.27. The summed E-state index contributed by atoms with van der Waals surface area (Å²) < 4.78 is 2.18. The summed E-state index contributed by atoms with van der Waals surface area (Å²) in [5.74, 6) is 0.974. The van der Waals surface area contributed by atoms with E-state index in [1.165, 1.54) is 24.0 Å². The molecule has 1 fully saturated rings. The van der Waals surface area contributed by atoms with Gasteiger partial charge in [0, 0.05) is 43.0 Å². The van der Waals surface area contributed by atoms with Crippen molar-refractivity contribution in [1.82, 2.24) is 29.3 Å². The maximum atomic E-state index is 13.8. The molecule has 0 unspecified atom stereocenters. The lowest BCUT2D eigenvalue weighted by atomic mass is 10.00. The fraction of sp³-hybridized carbons (Fsp3) is 0.317. The first-order valence-corrected chi connectivity index (χ1v) is 17.2. The third-order valence-corrected chi connectivity index (χ3v) is 9.42. The van der Waals surface area contributed by atoms with Crippen molar-refractivity contribution in [2.45, 2.75) is 59.5 Å². The molecule has 1 aliphatic rings. The third kappa shape index (κ3) is 7.80. The van der Waals surface area contributed by atoms with Crippen molar-refractivity contribution in [2.75, 3.05) is 26.2 Å². The number of carbonyl (C=O) groups excluding carboxylic acids is 1. The van der Waals surface area contributed by atoms with Gasteiger partial charge in [-0.15, -0.1) is 0 Å². The van der Waals surface area contributed by atoms with Gasteiger partial charge < -0.3 is 9.47 Å². The Hall–Kier alpha value is -4.88. The smallest absolute Gasteiger partial charge is 0.254 e. The zero-order valence-electron chi connectivity index (χ0n) is 28.6. The maximum Gasteiger partial charge on any atom is 0.254 e. The van der Waals surface area contributed by atoms with Crippen molar-refractivity contribution in [2.24, 2.45) is 0 Å². The number of fused-ring (bicyclic) bond motifs is 1. The van der Waals surface area contributed by atoms with Crippen LogP contribution >= 0.6 is 0 Å². The molecule has 1 saturated heterocycles. The summed E-state index contributed by atoms with van der Waals surface area (Å²) in [5.41, 5.74) is 9.18. The molecule has 48 heavy (non-hydrogen) atoms. The quantitative estimate of drug-likeness (QED) is 0.139. The van der Waals surface area contributed by atoms with E-state index in [0.29, 0.717) is 18.7 Å². The van der Waals surface area contributed by atoms with E-state index in [0.717, 1.165) is 65.4 Å². The van der Waals surface area contributed by atoms with Gasteiger partial charge in [-0.25, -0.2) is 9.97 Å². The van der Waals surface area contributed by atoms with Crippen LogP contribution in [0.15, 0.2) is 97.3 Å². The van der Waals surface area contributed by atoms with Gasteiger partial charge in [-0.05, 0) is 101 Å². The highest BCUT2D eigenvalue weighted by Gasteiger charge is 2.20. The predicted octanol–water partition coefficient (Wildman–Crippen LogP) is 7.97. The van der Waals surface area contributed by atoms with Crippen molar-refractivity contribution in [1.29, 1.82) is 0 Å². The lowest BCUT2D eigenvalue weighted by molar-refractivity contribution is 0.0713. The Morgan fingerprint density at radius 2 is 1.69 bits per heavy atom. The van der Waals surface area contributed by atoms with Crippen LogP contribution in [0.4, 0.5) is 0 Å². The largest absolute Gasteiger partial charge is 0.332 e. The molecule has 6 rings (SSSR count). The van der Waals surface area contributed by atoms with Gasteiger partial charge in [-0.3, -0.25) is 14.7 Å². The number of hydrogen-bond donors (Lipinski definition) is 0. The molecule has 1 aliphatic heterocycles. The predicted molar refractivity (Wildman–Crippen MR) is 196 cm³/mol. The van der Waals surface area contributed by atoms with Gasteiger partial charge in [-0.1, -0.05) is 67.1 Å². The van der Waals surface area contributed by atoms with E-state index >= 15 is 0 Å². The molecule has 5 aromatic rings. The summed E-state index contributed by atoms with van der Waals surface area (Å²) in [6, 6.07) is 25.0. The molecular formula is C41H46N6O. The van der Waals surface area contributed by atoms with Gasteiger partial charge in [0.2, 0.25) is 0 Å². The lowest BCUT2D eigenvalue weighted by Crippen LogP contribution is -2.38. The Labute approximate surface area is 284 Å². The number of amides is 1. The molecular weight excluding hydrogens is 592 g/mol. The van der Waals surface area contributed by atoms with E-state index in [9.17, 15) is 4.79 Å². The van der Waals surface area contributed by atoms with Crippen LogP contribution in [-0.2, 0) is 6.54 Å². The highest BCUT2D eigenvalue weighted by atomic mass is 16.2. The van der Waals surface area contributed by atoms with Crippen LogP contribution in [0.25, 0.3) is 22.7 Å². The second-order valence-corrected chi connectivity index (χ2v) is 12.9. The molecule has 0 saturated carbocycles. The van der Waals surface area contributed by atoms with E-state index in [1.807, 2.05) is 54.3 Å². The Morgan fingerprint density at radius 1 is 0.938 bits per heavy atom. The molecule has 7 heteroatoms. The second-order valence-electron chi connectivity index (χ2n) is 12.9. The highest BCUT2D eigenvalue weighted by molar-refractivity contribution is 5.94. The van der Waals surface area contributed by atoms with Crippen LogP contribution in [-0.4, -0.2) is 67.4 Å². The number of aromatic nitrogens is 4. The summed E-state index contributed by atoms with van der Waals surface area (Å²) in [7, 11) is 0. The number of hydrogen-bond acceptors (Lipinski definition) is 5. The van der Waals surface area contributed by atoms with Gasteiger partial charge >= 0.3 is 0 Å². The number of likely N-dealkylation sites (tertiary alicyclic amines) is 1. The van der Waals surface area contributed by atoms with Crippen molar-refractivity contribution in [3.63, 3.8) is 0 Å². The molecule has 7 nitrogen and oxygen atoms in total. The number of carbonyl (C=O) groups is 1. The summed E-state index contributed by atoms with van der Waals surface area (Å²) in [6.45, 7) is 12.8. The normalized spacial score (nSPS) is 14.6. The first-order chi connectivity index (χ1) is 23.4. The Balaban J connectivity index is 1.16. The van der Waals surface area contributed by atoms with Gasteiger partial charge in [-0.2, -0.15) is 0 Å². The number of rotatable bonds is 12. The number of pyridine rings is 2.